The highest BCUT2D eigenvalue weighted by molar-refractivity contribution is 5.71. The predicted octanol–water partition coefficient (Wildman–Crippen LogP) is 20.0. The van der Waals surface area contributed by atoms with E-state index < -0.39 is 6.10 Å². The summed E-state index contributed by atoms with van der Waals surface area (Å²) in [6.07, 6.45) is 72.1. The number of allylic oxidation sites excluding steroid dienone is 10. The maximum absolute atomic E-state index is 12.9. The van der Waals surface area contributed by atoms with Gasteiger partial charge in [0.1, 0.15) is 13.2 Å². The average molecular weight is 966 g/mol. The lowest BCUT2D eigenvalue weighted by Crippen LogP contribution is -2.30. The first-order valence-corrected chi connectivity index (χ1v) is 29.8. The Morgan fingerprint density at radius 3 is 0.870 bits per heavy atom. The fraction of sp³-hybridized carbons (Fsp3) is 0.794. The molecule has 0 fully saturated rings. The Morgan fingerprint density at radius 2 is 0.522 bits per heavy atom. The molecule has 0 unspecified atom stereocenters. The van der Waals surface area contributed by atoms with Crippen LogP contribution in [0.1, 0.15) is 303 Å². The van der Waals surface area contributed by atoms with Crippen molar-refractivity contribution in [1.29, 1.82) is 0 Å². The predicted molar refractivity (Wildman–Crippen MR) is 298 cm³/mol. The molecule has 0 amide bonds. The summed E-state index contributed by atoms with van der Waals surface area (Å²) in [6, 6.07) is 0. The standard InChI is InChI=1S/C63H112O6/c1-4-7-10-13-16-19-22-25-28-30-31-33-36-38-41-44-47-50-53-56-62(65)68-59-60(69-63(66)57-54-51-48-45-42-39-34-27-24-21-18-15-12-9-6-3)58-67-61(64)55-52-49-46-43-40-37-35-32-29-26-23-20-17-14-11-8-5-2/h17,20-21,24-26,28-29,35,37,60H,4-16,18-19,22-23,27,30-34,36,38-59H2,1-3H3/b20-17-,24-21-,28-25-,29-26-,37-35-/t60-/m1/s1. The second-order valence-electron chi connectivity index (χ2n) is 19.9. The first-order chi connectivity index (χ1) is 34.0. The van der Waals surface area contributed by atoms with E-state index in [1.807, 2.05) is 0 Å². The van der Waals surface area contributed by atoms with Crippen LogP contribution in [0.25, 0.3) is 0 Å². The van der Waals surface area contributed by atoms with Gasteiger partial charge in [-0.05, 0) is 109 Å². The second kappa shape index (κ2) is 57.7. The average Bonchev–Trinajstić information content (AvgIpc) is 3.35. The Bertz CT molecular complexity index is 1250. The topological polar surface area (TPSA) is 78.9 Å². The zero-order chi connectivity index (χ0) is 50.0. The summed E-state index contributed by atoms with van der Waals surface area (Å²) in [4.78, 5) is 38.2. The highest BCUT2D eigenvalue weighted by Crippen LogP contribution is 2.15. The van der Waals surface area contributed by atoms with Crippen LogP contribution in [0.2, 0.25) is 0 Å². The van der Waals surface area contributed by atoms with Crippen LogP contribution < -0.4 is 0 Å². The summed E-state index contributed by atoms with van der Waals surface area (Å²) < 4.78 is 16.9. The fourth-order valence-electron chi connectivity index (χ4n) is 8.44. The minimum atomic E-state index is -0.787. The Kier molecular flexibility index (Phi) is 55.3. The first-order valence-electron chi connectivity index (χ1n) is 29.8. The zero-order valence-corrected chi connectivity index (χ0v) is 45.8. The number of hydrogen-bond acceptors (Lipinski definition) is 6. The van der Waals surface area contributed by atoms with E-state index in [9.17, 15) is 14.4 Å². The molecule has 0 aliphatic rings. The van der Waals surface area contributed by atoms with Crippen LogP contribution in [0.15, 0.2) is 60.8 Å². The van der Waals surface area contributed by atoms with E-state index in [-0.39, 0.29) is 31.1 Å². The van der Waals surface area contributed by atoms with Gasteiger partial charge in [-0.1, -0.05) is 236 Å². The van der Waals surface area contributed by atoms with Crippen LogP contribution in [-0.4, -0.2) is 37.2 Å². The molecule has 0 saturated heterocycles. The third-order valence-corrected chi connectivity index (χ3v) is 13.0. The number of carbonyl (C=O) groups is 3. The number of hydrogen-bond donors (Lipinski definition) is 0. The quantitative estimate of drug-likeness (QED) is 0.0262. The van der Waals surface area contributed by atoms with Crippen LogP contribution in [0, 0.1) is 0 Å². The number of unbranched alkanes of at least 4 members (excludes halogenated alkanes) is 33. The van der Waals surface area contributed by atoms with Gasteiger partial charge in [0.25, 0.3) is 0 Å². The molecule has 0 rings (SSSR count). The third kappa shape index (κ3) is 55.9. The minimum absolute atomic E-state index is 0.0830. The molecule has 0 spiro atoms. The molecule has 400 valence electrons. The lowest BCUT2D eigenvalue weighted by Gasteiger charge is -2.18. The SMILES string of the molecule is CCCCC/C=C\C/C=C\C/C=C\CCCCCCC(=O)OC[C@H](COC(=O)CCCCCCCCCCC/C=C\CCCCCCCC)OC(=O)CCCCCCCCC/C=C\CCCCCC. The summed E-state index contributed by atoms with van der Waals surface area (Å²) in [5.41, 5.74) is 0. The first kappa shape index (κ1) is 66.1. The normalized spacial score (nSPS) is 12.4. The van der Waals surface area contributed by atoms with Crippen molar-refractivity contribution < 1.29 is 28.6 Å². The van der Waals surface area contributed by atoms with Gasteiger partial charge < -0.3 is 14.2 Å². The number of carbonyl (C=O) groups excluding carboxylic acids is 3. The van der Waals surface area contributed by atoms with Crippen molar-refractivity contribution in [2.45, 2.75) is 309 Å². The van der Waals surface area contributed by atoms with Crippen LogP contribution >= 0.6 is 0 Å². The molecule has 69 heavy (non-hydrogen) atoms. The summed E-state index contributed by atoms with van der Waals surface area (Å²) in [5.74, 6) is -0.900. The van der Waals surface area contributed by atoms with Gasteiger partial charge in [0, 0.05) is 19.3 Å². The smallest absolute Gasteiger partial charge is 0.306 e. The minimum Gasteiger partial charge on any atom is -0.462 e. The molecule has 6 heteroatoms. The highest BCUT2D eigenvalue weighted by atomic mass is 16.6. The summed E-state index contributed by atoms with van der Waals surface area (Å²) in [5, 5.41) is 0. The molecular formula is C63H112O6. The van der Waals surface area contributed by atoms with Crippen LogP contribution in [0.5, 0.6) is 0 Å². The summed E-state index contributed by atoms with van der Waals surface area (Å²) in [7, 11) is 0. The largest absolute Gasteiger partial charge is 0.462 e. The number of esters is 3. The van der Waals surface area contributed by atoms with E-state index in [0.29, 0.717) is 19.3 Å². The molecule has 0 bridgehead atoms. The van der Waals surface area contributed by atoms with Gasteiger partial charge in [-0.15, -0.1) is 0 Å². The molecule has 0 aliphatic heterocycles. The lowest BCUT2D eigenvalue weighted by atomic mass is 10.1. The third-order valence-electron chi connectivity index (χ3n) is 13.0. The van der Waals surface area contributed by atoms with Crippen molar-refractivity contribution in [2.75, 3.05) is 13.2 Å². The van der Waals surface area contributed by atoms with Gasteiger partial charge in [-0.3, -0.25) is 14.4 Å². The van der Waals surface area contributed by atoms with Crippen molar-refractivity contribution in [1.82, 2.24) is 0 Å². The van der Waals surface area contributed by atoms with Crippen molar-refractivity contribution in [3.63, 3.8) is 0 Å². The number of rotatable bonds is 54. The molecule has 0 radical (unpaired) electrons. The fourth-order valence-corrected chi connectivity index (χ4v) is 8.44. The van der Waals surface area contributed by atoms with Gasteiger partial charge in [0.15, 0.2) is 6.10 Å². The van der Waals surface area contributed by atoms with E-state index in [0.717, 1.165) is 83.5 Å². The van der Waals surface area contributed by atoms with E-state index >= 15 is 0 Å². The molecule has 0 N–H and O–H groups in total. The zero-order valence-electron chi connectivity index (χ0n) is 45.8. The van der Waals surface area contributed by atoms with Gasteiger partial charge in [0.2, 0.25) is 0 Å². The van der Waals surface area contributed by atoms with E-state index in [1.165, 1.54) is 180 Å². The molecule has 1 atom stereocenters. The maximum Gasteiger partial charge on any atom is 0.306 e. The van der Waals surface area contributed by atoms with Gasteiger partial charge >= 0.3 is 17.9 Å². The van der Waals surface area contributed by atoms with E-state index in [1.54, 1.807) is 0 Å². The molecule has 6 nitrogen and oxygen atoms in total. The van der Waals surface area contributed by atoms with Crippen LogP contribution in [0.4, 0.5) is 0 Å². The Hall–Kier alpha value is -2.89. The molecule has 0 aromatic heterocycles. The van der Waals surface area contributed by atoms with Gasteiger partial charge in [-0.2, -0.15) is 0 Å². The number of ether oxygens (including phenoxy) is 3. The lowest BCUT2D eigenvalue weighted by molar-refractivity contribution is -0.167. The Balaban J connectivity index is 4.39. The molecule has 0 aliphatic carbocycles. The molecular weight excluding hydrogens is 853 g/mol. The van der Waals surface area contributed by atoms with E-state index in [4.69, 9.17) is 14.2 Å². The molecule has 0 aromatic rings. The summed E-state index contributed by atoms with van der Waals surface area (Å²) >= 11 is 0. The second-order valence-corrected chi connectivity index (χ2v) is 19.9. The van der Waals surface area contributed by atoms with Crippen molar-refractivity contribution >= 4 is 17.9 Å². The Labute approximate surface area is 428 Å². The highest BCUT2D eigenvalue weighted by Gasteiger charge is 2.19. The maximum atomic E-state index is 12.9. The van der Waals surface area contributed by atoms with Crippen molar-refractivity contribution in [3.8, 4) is 0 Å². The van der Waals surface area contributed by atoms with E-state index in [2.05, 4.69) is 81.5 Å². The monoisotopic (exact) mass is 965 g/mol. The van der Waals surface area contributed by atoms with Crippen molar-refractivity contribution in [2.24, 2.45) is 0 Å². The molecule has 0 heterocycles. The van der Waals surface area contributed by atoms with Crippen molar-refractivity contribution in [3.05, 3.63) is 60.8 Å². The molecule has 0 aromatic carbocycles. The molecule has 0 saturated carbocycles. The van der Waals surface area contributed by atoms with Gasteiger partial charge in [0.05, 0.1) is 0 Å². The van der Waals surface area contributed by atoms with Gasteiger partial charge in [-0.25, -0.2) is 0 Å². The van der Waals surface area contributed by atoms with Crippen LogP contribution in [-0.2, 0) is 28.6 Å². The summed E-state index contributed by atoms with van der Waals surface area (Å²) in [6.45, 7) is 6.60. The van der Waals surface area contributed by atoms with Crippen LogP contribution in [0.3, 0.4) is 0 Å². The Morgan fingerprint density at radius 1 is 0.290 bits per heavy atom.